The van der Waals surface area contributed by atoms with E-state index in [1.165, 1.54) is 13.0 Å². The van der Waals surface area contributed by atoms with Crippen LogP contribution in [0, 0.1) is 5.82 Å². The summed E-state index contributed by atoms with van der Waals surface area (Å²) in [6.07, 6.45) is -4.78. The maximum absolute atomic E-state index is 13.5. The molecule has 2 N–H and O–H groups in total. The minimum atomic E-state index is -4.78. The Morgan fingerprint density at radius 1 is 1.23 bits per heavy atom. The Kier molecular flexibility index (Phi) is 7.17. The molecule has 0 aromatic heterocycles. The number of alkyl halides is 3. The Balaban J connectivity index is 1.74. The molecule has 0 spiro atoms. The Labute approximate surface area is 177 Å². The van der Waals surface area contributed by atoms with Gasteiger partial charge in [0.05, 0.1) is 12.2 Å². The fourth-order valence-corrected chi connectivity index (χ4v) is 3.42. The first-order chi connectivity index (χ1) is 14.7. The van der Waals surface area contributed by atoms with Gasteiger partial charge in [0.25, 0.3) is 0 Å². The largest absolute Gasteiger partial charge is 0.489 e. The fraction of sp³-hybridized carbons (Fsp3) is 0.409. The first-order valence-electron chi connectivity index (χ1n) is 9.87. The molecule has 2 aromatic carbocycles. The average molecular weight is 440 g/mol. The lowest BCUT2D eigenvalue weighted by molar-refractivity contribution is -0.140. The van der Waals surface area contributed by atoms with Crippen molar-refractivity contribution in [2.45, 2.75) is 32.2 Å². The molecule has 2 aromatic rings. The van der Waals surface area contributed by atoms with Crippen molar-refractivity contribution in [3.8, 4) is 5.75 Å². The molecule has 1 saturated heterocycles. The van der Waals surface area contributed by atoms with E-state index in [1.807, 2.05) is 12.1 Å². The molecule has 0 atom stereocenters. The van der Waals surface area contributed by atoms with Gasteiger partial charge in [-0.15, -0.1) is 0 Å². The first kappa shape index (κ1) is 23.0. The summed E-state index contributed by atoms with van der Waals surface area (Å²) < 4.78 is 58.0. The molecule has 1 fully saturated rings. The van der Waals surface area contributed by atoms with Gasteiger partial charge in [-0.2, -0.15) is 13.2 Å². The van der Waals surface area contributed by atoms with Crippen LogP contribution < -0.4 is 10.1 Å². The summed E-state index contributed by atoms with van der Waals surface area (Å²) in [6, 6.07) is 8.35. The van der Waals surface area contributed by atoms with Crippen molar-refractivity contribution in [3.05, 3.63) is 64.5 Å². The Hall–Kier alpha value is -2.65. The number of carbonyl (C=O) groups is 1. The first-order valence-corrected chi connectivity index (χ1v) is 9.87. The monoisotopic (exact) mass is 440 g/mol. The van der Waals surface area contributed by atoms with Gasteiger partial charge in [0.1, 0.15) is 18.2 Å². The summed E-state index contributed by atoms with van der Waals surface area (Å²) in [5.41, 5.74) is 0.689. The number of aliphatic hydroxyl groups is 1. The Morgan fingerprint density at radius 3 is 2.61 bits per heavy atom. The van der Waals surface area contributed by atoms with Crippen LogP contribution in [0.2, 0.25) is 0 Å². The summed E-state index contributed by atoms with van der Waals surface area (Å²) >= 11 is 0. The molecule has 1 heterocycles. The molecule has 0 bridgehead atoms. The maximum atomic E-state index is 13.5. The van der Waals surface area contributed by atoms with E-state index in [1.54, 1.807) is 11.0 Å². The van der Waals surface area contributed by atoms with Crippen LogP contribution >= 0.6 is 0 Å². The van der Waals surface area contributed by atoms with E-state index in [2.05, 4.69) is 5.32 Å². The van der Waals surface area contributed by atoms with E-state index in [0.717, 1.165) is 23.3 Å². The van der Waals surface area contributed by atoms with Crippen molar-refractivity contribution in [2.75, 3.05) is 26.2 Å². The van der Waals surface area contributed by atoms with Crippen LogP contribution in [-0.4, -0.2) is 42.2 Å². The van der Waals surface area contributed by atoms with Crippen molar-refractivity contribution < 1.29 is 32.2 Å². The van der Waals surface area contributed by atoms with Crippen LogP contribution in [0.15, 0.2) is 36.4 Å². The van der Waals surface area contributed by atoms with Gasteiger partial charge in [-0.1, -0.05) is 18.2 Å². The quantitative estimate of drug-likeness (QED) is 0.488. The highest BCUT2D eigenvalue weighted by atomic mass is 19.4. The smallest absolute Gasteiger partial charge is 0.419 e. The zero-order valence-electron chi connectivity index (χ0n) is 17.0. The van der Waals surface area contributed by atoms with Gasteiger partial charge in [-0.3, -0.25) is 4.79 Å². The third-order valence-corrected chi connectivity index (χ3v) is 5.22. The van der Waals surface area contributed by atoms with Crippen LogP contribution in [-0.2, 0) is 24.1 Å². The van der Waals surface area contributed by atoms with Gasteiger partial charge in [-0.05, 0) is 29.3 Å². The molecule has 0 aliphatic carbocycles. The zero-order valence-corrected chi connectivity index (χ0v) is 17.0. The molecular weight excluding hydrogens is 416 g/mol. The number of carbonyl (C=O) groups excluding carboxylic acids is 1. The molecule has 9 heteroatoms. The van der Waals surface area contributed by atoms with E-state index >= 15 is 0 Å². The van der Waals surface area contributed by atoms with Gasteiger partial charge >= 0.3 is 6.18 Å². The van der Waals surface area contributed by atoms with Crippen LogP contribution in [0.1, 0.15) is 35.1 Å². The molecule has 0 radical (unpaired) electrons. The van der Waals surface area contributed by atoms with E-state index in [0.29, 0.717) is 31.9 Å². The minimum Gasteiger partial charge on any atom is -0.489 e. The summed E-state index contributed by atoms with van der Waals surface area (Å²) in [6.45, 7) is 3.36. The topological polar surface area (TPSA) is 61.8 Å². The van der Waals surface area contributed by atoms with Gasteiger partial charge in [0.2, 0.25) is 5.91 Å². The lowest BCUT2D eigenvalue weighted by Gasteiger charge is -2.39. The lowest BCUT2D eigenvalue weighted by Crippen LogP contribution is -2.47. The number of aliphatic hydroxyl groups excluding tert-OH is 1. The molecular formula is C22H24F4N2O3. The third-order valence-electron chi connectivity index (χ3n) is 5.22. The number of amides is 1. The predicted molar refractivity (Wildman–Crippen MR) is 106 cm³/mol. The second-order valence-corrected chi connectivity index (χ2v) is 7.49. The zero-order chi connectivity index (χ0) is 22.6. The molecule has 1 amide bonds. The SMILES string of the molecule is CC(=O)N1CC(c2ccc(OCc3ccc(F)c(C(F)(F)F)c3)c(CNCCO)c2)C1. The van der Waals surface area contributed by atoms with Crippen LogP contribution in [0.4, 0.5) is 17.6 Å². The second-order valence-electron chi connectivity index (χ2n) is 7.49. The summed E-state index contributed by atoms with van der Waals surface area (Å²) in [4.78, 5) is 13.1. The van der Waals surface area contributed by atoms with Crippen molar-refractivity contribution in [3.63, 3.8) is 0 Å². The molecule has 168 valence electrons. The number of hydrogen-bond donors (Lipinski definition) is 2. The van der Waals surface area contributed by atoms with E-state index in [-0.39, 0.29) is 30.6 Å². The van der Waals surface area contributed by atoms with Crippen molar-refractivity contribution in [2.24, 2.45) is 0 Å². The maximum Gasteiger partial charge on any atom is 0.419 e. The highest BCUT2D eigenvalue weighted by molar-refractivity contribution is 5.74. The highest BCUT2D eigenvalue weighted by Crippen LogP contribution is 2.33. The van der Waals surface area contributed by atoms with Gasteiger partial charge in [0.15, 0.2) is 0 Å². The number of ether oxygens (including phenoxy) is 1. The Morgan fingerprint density at radius 2 is 1.97 bits per heavy atom. The molecule has 1 aliphatic rings. The third kappa shape index (κ3) is 5.74. The molecule has 5 nitrogen and oxygen atoms in total. The lowest BCUT2D eigenvalue weighted by atomic mass is 9.90. The van der Waals surface area contributed by atoms with Crippen LogP contribution in [0.25, 0.3) is 0 Å². The van der Waals surface area contributed by atoms with Crippen LogP contribution in [0.3, 0.4) is 0 Å². The number of nitrogens with zero attached hydrogens (tertiary/aromatic N) is 1. The van der Waals surface area contributed by atoms with Crippen molar-refractivity contribution in [1.82, 2.24) is 10.2 Å². The standard InChI is InChI=1S/C22H24F4N2O3/c1-14(30)28-11-18(12-28)16-3-5-21(17(9-16)10-27-6-7-29)31-13-15-2-4-20(23)19(8-15)22(24,25)26/h2-5,8-9,18,27,29H,6-7,10-13H2,1H3. The normalized spacial score (nSPS) is 14.5. The molecule has 3 rings (SSSR count). The summed E-state index contributed by atoms with van der Waals surface area (Å²) in [5.74, 6) is -0.607. The fourth-order valence-electron chi connectivity index (χ4n) is 3.42. The second kappa shape index (κ2) is 9.65. The number of nitrogens with one attached hydrogen (secondary N) is 1. The van der Waals surface area contributed by atoms with Crippen LogP contribution in [0.5, 0.6) is 5.75 Å². The number of halogens is 4. The number of rotatable bonds is 8. The average Bonchev–Trinajstić information content (AvgIpc) is 2.66. The number of hydrogen-bond acceptors (Lipinski definition) is 4. The van der Waals surface area contributed by atoms with E-state index in [9.17, 15) is 22.4 Å². The molecule has 31 heavy (non-hydrogen) atoms. The van der Waals surface area contributed by atoms with Gasteiger partial charge in [0, 0.05) is 44.6 Å². The molecule has 1 aliphatic heterocycles. The van der Waals surface area contributed by atoms with E-state index in [4.69, 9.17) is 9.84 Å². The van der Waals surface area contributed by atoms with Crippen molar-refractivity contribution >= 4 is 5.91 Å². The van der Waals surface area contributed by atoms with E-state index < -0.39 is 17.6 Å². The minimum absolute atomic E-state index is 0.0264. The van der Waals surface area contributed by atoms with Gasteiger partial charge in [-0.25, -0.2) is 4.39 Å². The number of likely N-dealkylation sites (tertiary alicyclic amines) is 1. The summed E-state index contributed by atoms with van der Waals surface area (Å²) in [7, 11) is 0. The predicted octanol–water partition coefficient (Wildman–Crippen LogP) is 3.45. The molecule has 0 unspecified atom stereocenters. The molecule has 0 saturated carbocycles. The summed E-state index contributed by atoms with van der Waals surface area (Å²) in [5, 5.41) is 12.1. The number of benzene rings is 2. The van der Waals surface area contributed by atoms with Crippen molar-refractivity contribution in [1.29, 1.82) is 0 Å². The van der Waals surface area contributed by atoms with Gasteiger partial charge < -0.3 is 20.1 Å². The highest BCUT2D eigenvalue weighted by Gasteiger charge is 2.34. The Bertz CT molecular complexity index is 927.